The highest BCUT2D eigenvalue weighted by Gasteiger charge is 2.47. The number of amides is 3. The van der Waals surface area contributed by atoms with E-state index in [1.165, 1.54) is 13.8 Å². The summed E-state index contributed by atoms with van der Waals surface area (Å²) in [6.07, 6.45) is -11.1. The highest BCUT2D eigenvalue weighted by molar-refractivity contribution is 5.90. The average molecular weight is 630 g/mol. The first-order chi connectivity index (χ1) is 20.4. The number of benzene rings is 2. The van der Waals surface area contributed by atoms with E-state index in [-0.39, 0.29) is 49.1 Å². The van der Waals surface area contributed by atoms with E-state index in [4.69, 9.17) is 9.47 Å². The minimum Gasteiger partial charge on any atom is -0.445 e. The molecular formula is C30H33F6N3O5. The van der Waals surface area contributed by atoms with Gasteiger partial charge in [-0.2, -0.15) is 26.3 Å². The molecule has 4 atom stereocenters. The second-order valence-corrected chi connectivity index (χ2v) is 11.7. The van der Waals surface area contributed by atoms with Gasteiger partial charge in [0.05, 0.1) is 23.8 Å². The molecule has 2 N–H and O–H groups in total. The molecule has 0 bridgehead atoms. The fraction of sp³-hybridized carbons (Fsp3) is 0.500. The molecule has 2 aliphatic rings. The van der Waals surface area contributed by atoms with Crippen LogP contribution in [-0.4, -0.2) is 53.1 Å². The number of nitrogens with one attached hydrogen (secondary N) is 2. The highest BCUT2D eigenvalue weighted by Crippen LogP contribution is 2.38. The minimum absolute atomic E-state index is 0.0113. The number of carbonyl (C=O) groups is 3. The molecule has 2 saturated heterocycles. The van der Waals surface area contributed by atoms with E-state index in [1.807, 2.05) is 6.07 Å². The number of nitrogens with zero attached hydrogens (tertiary/aromatic N) is 1. The molecule has 0 saturated carbocycles. The highest BCUT2D eigenvalue weighted by atomic mass is 19.4. The van der Waals surface area contributed by atoms with E-state index in [0.717, 1.165) is 5.56 Å². The lowest BCUT2D eigenvalue weighted by atomic mass is 9.89. The summed E-state index contributed by atoms with van der Waals surface area (Å²) in [5.74, 6) is -1.15. The van der Waals surface area contributed by atoms with E-state index in [0.29, 0.717) is 18.6 Å². The predicted molar refractivity (Wildman–Crippen MR) is 145 cm³/mol. The number of hydrogen-bond donors (Lipinski definition) is 2. The zero-order valence-corrected chi connectivity index (χ0v) is 24.2. The SMILES string of the molecule is CC1C(OCc2cc(C(F)(F)F)cc(C(F)(F)F)c2)CN2C(=O)CC(NC(=O)C(C)(C)NC(=O)OCc3ccccc3)CC12. The van der Waals surface area contributed by atoms with E-state index in [9.17, 15) is 40.7 Å². The van der Waals surface area contributed by atoms with Gasteiger partial charge >= 0.3 is 18.4 Å². The van der Waals surface area contributed by atoms with E-state index < -0.39 is 59.8 Å². The van der Waals surface area contributed by atoms with E-state index in [2.05, 4.69) is 10.6 Å². The molecule has 4 rings (SSSR count). The van der Waals surface area contributed by atoms with Crippen LogP contribution in [0.15, 0.2) is 48.5 Å². The minimum atomic E-state index is -4.98. The van der Waals surface area contributed by atoms with Gasteiger partial charge in [-0.25, -0.2) is 4.79 Å². The Morgan fingerprint density at radius 3 is 2.14 bits per heavy atom. The zero-order valence-electron chi connectivity index (χ0n) is 24.2. The normalized spacial score (nSPS) is 22.4. The van der Waals surface area contributed by atoms with Gasteiger partial charge in [-0.05, 0) is 49.6 Å². The molecule has 2 aromatic carbocycles. The second kappa shape index (κ2) is 12.7. The molecule has 2 aromatic rings. The van der Waals surface area contributed by atoms with Gasteiger partial charge in [-0.1, -0.05) is 37.3 Å². The Kier molecular flexibility index (Phi) is 9.52. The van der Waals surface area contributed by atoms with Crippen molar-refractivity contribution in [3.8, 4) is 0 Å². The Labute approximate surface area is 250 Å². The Morgan fingerprint density at radius 1 is 0.932 bits per heavy atom. The standard InChI is InChI=1S/C30H33F6N3O5/c1-17-23-12-22(37-26(41)28(2,3)38-27(42)44-15-18-7-5-4-6-8-18)13-25(40)39(23)14-24(17)43-16-19-9-20(29(31,32)33)11-21(10-19)30(34,35)36/h4-11,17,22-24H,12-16H2,1-3H3,(H,37,41)(H,38,42). The van der Waals surface area contributed by atoms with Crippen LogP contribution in [0.25, 0.3) is 0 Å². The maximum absolute atomic E-state index is 13.2. The van der Waals surface area contributed by atoms with Crippen molar-refractivity contribution in [1.82, 2.24) is 15.5 Å². The Hall–Kier alpha value is -3.81. The van der Waals surface area contributed by atoms with Gasteiger partial charge in [0.25, 0.3) is 0 Å². The summed E-state index contributed by atoms with van der Waals surface area (Å²) >= 11 is 0. The molecule has 0 aliphatic carbocycles. The molecule has 3 amide bonds. The summed E-state index contributed by atoms with van der Waals surface area (Å²) in [4.78, 5) is 39.9. The van der Waals surface area contributed by atoms with Crippen LogP contribution in [0.2, 0.25) is 0 Å². The molecule has 8 nitrogen and oxygen atoms in total. The molecule has 240 valence electrons. The summed E-state index contributed by atoms with van der Waals surface area (Å²) in [5, 5.41) is 5.32. The Bertz CT molecular complexity index is 1330. The molecule has 44 heavy (non-hydrogen) atoms. The lowest BCUT2D eigenvalue weighted by Gasteiger charge is -2.37. The van der Waals surface area contributed by atoms with Gasteiger partial charge in [0.1, 0.15) is 12.1 Å². The third-order valence-corrected chi connectivity index (χ3v) is 7.88. The van der Waals surface area contributed by atoms with Crippen molar-refractivity contribution < 1.29 is 50.2 Å². The molecule has 4 unspecified atom stereocenters. The van der Waals surface area contributed by atoms with E-state index in [1.54, 1.807) is 36.1 Å². The maximum atomic E-state index is 13.2. The largest absolute Gasteiger partial charge is 0.445 e. The molecule has 2 heterocycles. The molecule has 0 aromatic heterocycles. The van der Waals surface area contributed by atoms with Crippen LogP contribution in [0.3, 0.4) is 0 Å². The monoisotopic (exact) mass is 629 g/mol. The predicted octanol–water partition coefficient (Wildman–Crippen LogP) is 5.44. The zero-order chi connectivity index (χ0) is 32.4. The van der Waals surface area contributed by atoms with Crippen molar-refractivity contribution in [2.45, 2.75) is 82.9 Å². The van der Waals surface area contributed by atoms with Gasteiger partial charge in [0.2, 0.25) is 11.8 Å². The fourth-order valence-electron chi connectivity index (χ4n) is 5.42. The maximum Gasteiger partial charge on any atom is 0.416 e. The van der Waals surface area contributed by atoms with Crippen molar-refractivity contribution in [2.75, 3.05) is 6.54 Å². The number of hydrogen-bond acceptors (Lipinski definition) is 5. The number of rotatable bonds is 8. The van der Waals surface area contributed by atoms with Gasteiger partial charge in [-0.15, -0.1) is 0 Å². The molecule has 2 aliphatic heterocycles. The van der Waals surface area contributed by atoms with Crippen molar-refractivity contribution in [3.05, 3.63) is 70.8 Å². The Morgan fingerprint density at radius 2 is 1.55 bits per heavy atom. The summed E-state index contributed by atoms with van der Waals surface area (Å²) in [6.45, 7) is 4.35. The number of alkyl halides is 6. The van der Waals surface area contributed by atoms with Crippen LogP contribution in [0.1, 0.15) is 55.9 Å². The number of fused-ring (bicyclic) bond motifs is 1. The smallest absolute Gasteiger partial charge is 0.416 e. The molecule has 0 spiro atoms. The topological polar surface area (TPSA) is 97.0 Å². The summed E-state index contributed by atoms with van der Waals surface area (Å²) in [7, 11) is 0. The third-order valence-electron chi connectivity index (χ3n) is 7.88. The first-order valence-corrected chi connectivity index (χ1v) is 13.9. The quantitative estimate of drug-likeness (QED) is 0.380. The van der Waals surface area contributed by atoms with Crippen LogP contribution in [-0.2, 0) is 44.6 Å². The van der Waals surface area contributed by atoms with Crippen LogP contribution >= 0.6 is 0 Å². The van der Waals surface area contributed by atoms with Crippen molar-refractivity contribution in [2.24, 2.45) is 5.92 Å². The molecular weight excluding hydrogens is 596 g/mol. The number of carbonyl (C=O) groups excluding carboxylic acids is 3. The van der Waals surface area contributed by atoms with Gasteiger partial charge < -0.3 is 25.0 Å². The Balaban J connectivity index is 1.34. The summed E-state index contributed by atoms with van der Waals surface area (Å²) < 4.78 is 90.4. The van der Waals surface area contributed by atoms with Crippen molar-refractivity contribution in [1.29, 1.82) is 0 Å². The molecule has 2 fully saturated rings. The van der Waals surface area contributed by atoms with Crippen LogP contribution in [0.4, 0.5) is 31.1 Å². The van der Waals surface area contributed by atoms with Gasteiger partial charge in [-0.3, -0.25) is 9.59 Å². The van der Waals surface area contributed by atoms with Gasteiger partial charge in [0.15, 0.2) is 0 Å². The van der Waals surface area contributed by atoms with Crippen LogP contribution in [0.5, 0.6) is 0 Å². The van der Waals surface area contributed by atoms with Gasteiger partial charge in [0, 0.05) is 31.0 Å². The van der Waals surface area contributed by atoms with Crippen LogP contribution < -0.4 is 10.6 Å². The van der Waals surface area contributed by atoms with Crippen molar-refractivity contribution >= 4 is 17.9 Å². The average Bonchev–Trinajstić information content (AvgIpc) is 3.25. The summed E-state index contributed by atoms with van der Waals surface area (Å²) in [6, 6.07) is 9.31. The summed E-state index contributed by atoms with van der Waals surface area (Å²) in [5.41, 5.74) is -3.76. The second-order valence-electron chi connectivity index (χ2n) is 11.7. The lowest BCUT2D eigenvalue weighted by molar-refractivity contribution is -0.143. The lowest BCUT2D eigenvalue weighted by Crippen LogP contribution is -2.59. The molecule has 0 radical (unpaired) electrons. The number of halogens is 6. The first-order valence-electron chi connectivity index (χ1n) is 13.9. The van der Waals surface area contributed by atoms with Crippen molar-refractivity contribution in [3.63, 3.8) is 0 Å². The first kappa shape index (κ1) is 33.1. The number of alkyl carbamates (subject to hydrolysis) is 1. The third kappa shape index (κ3) is 8.01. The number of piperidine rings is 1. The fourth-order valence-corrected chi connectivity index (χ4v) is 5.42. The van der Waals surface area contributed by atoms with Crippen LogP contribution in [0, 0.1) is 5.92 Å². The van der Waals surface area contributed by atoms with E-state index >= 15 is 0 Å². The number of ether oxygens (including phenoxy) is 2. The molecule has 14 heteroatoms.